The van der Waals surface area contributed by atoms with Crippen molar-refractivity contribution in [1.29, 1.82) is 0 Å². The summed E-state index contributed by atoms with van der Waals surface area (Å²) >= 11 is 11.5. The van der Waals surface area contributed by atoms with Gasteiger partial charge in [-0.2, -0.15) is 0 Å². The first-order valence-electron chi connectivity index (χ1n) is 5.37. The number of halogens is 3. The summed E-state index contributed by atoms with van der Waals surface area (Å²) in [5.74, 6) is 0.273. The summed E-state index contributed by atoms with van der Waals surface area (Å²) in [5, 5.41) is 0.293. The lowest BCUT2D eigenvalue weighted by Gasteiger charge is -2.36. The zero-order chi connectivity index (χ0) is 12.4. The van der Waals surface area contributed by atoms with Crippen molar-refractivity contribution in [2.75, 3.05) is 23.9 Å². The highest BCUT2D eigenvalue weighted by Crippen LogP contribution is 2.23. The van der Waals surface area contributed by atoms with E-state index in [4.69, 9.17) is 27.9 Å². The molecular formula is C11H13Cl2FN2O. The van der Waals surface area contributed by atoms with E-state index in [0.717, 1.165) is 0 Å². The molecule has 1 aromatic heterocycles. The molecule has 0 aromatic carbocycles. The lowest BCUT2D eigenvalue weighted by Crippen LogP contribution is -2.48. The van der Waals surface area contributed by atoms with Gasteiger partial charge in [0.15, 0.2) is 11.6 Å². The zero-order valence-corrected chi connectivity index (χ0v) is 10.9. The SMILES string of the molecule is CC1CN(c2ncc(Cl)cc2F)CC(CCl)O1. The largest absolute Gasteiger partial charge is 0.370 e. The van der Waals surface area contributed by atoms with E-state index in [1.807, 2.05) is 11.8 Å². The maximum absolute atomic E-state index is 13.7. The third-order valence-corrected chi connectivity index (χ3v) is 3.14. The predicted octanol–water partition coefficient (Wildman–Crippen LogP) is 2.71. The van der Waals surface area contributed by atoms with Gasteiger partial charge < -0.3 is 9.64 Å². The van der Waals surface area contributed by atoms with Crippen molar-refractivity contribution in [3.8, 4) is 0 Å². The van der Waals surface area contributed by atoms with Crippen LogP contribution in [-0.2, 0) is 4.74 Å². The molecule has 0 spiro atoms. The van der Waals surface area contributed by atoms with Gasteiger partial charge in [0.25, 0.3) is 0 Å². The maximum Gasteiger partial charge on any atom is 0.167 e. The molecule has 2 atom stereocenters. The molecular weight excluding hydrogens is 266 g/mol. The number of rotatable bonds is 2. The van der Waals surface area contributed by atoms with Crippen LogP contribution in [0, 0.1) is 5.82 Å². The summed E-state index contributed by atoms with van der Waals surface area (Å²) in [4.78, 5) is 5.87. The van der Waals surface area contributed by atoms with Crippen LogP contribution in [0.1, 0.15) is 6.92 Å². The number of pyridine rings is 1. The summed E-state index contributed by atoms with van der Waals surface area (Å²) < 4.78 is 19.3. The highest BCUT2D eigenvalue weighted by molar-refractivity contribution is 6.30. The van der Waals surface area contributed by atoms with Gasteiger partial charge in [0.1, 0.15) is 0 Å². The highest BCUT2D eigenvalue weighted by atomic mass is 35.5. The predicted molar refractivity (Wildman–Crippen MR) is 66.5 cm³/mol. The molecule has 2 unspecified atom stereocenters. The molecule has 1 saturated heterocycles. The highest BCUT2D eigenvalue weighted by Gasteiger charge is 2.27. The molecule has 1 aliphatic heterocycles. The van der Waals surface area contributed by atoms with Crippen LogP contribution < -0.4 is 4.90 Å². The van der Waals surface area contributed by atoms with Gasteiger partial charge >= 0.3 is 0 Å². The van der Waals surface area contributed by atoms with Crippen LogP contribution in [0.2, 0.25) is 5.02 Å². The van der Waals surface area contributed by atoms with E-state index in [0.29, 0.717) is 29.8 Å². The smallest absolute Gasteiger partial charge is 0.167 e. The molecule has 94 valence electrons. The molecule has 0 N–H and O–H groups in total. The molecule has 1 fully saturated rings. The molecule has 0 saturated carbocycles. The Labute approximate surface area is 109 Å². The van der Waals surface area contributed by atoms with Crippen molar-refractivity contribution in [3.05, 3.63) is 23.1 Å². The second-order valence-corrected chi connectivity index (χ2v) is 4.83. The first-order chi connectivity index (χ1) is 8.10. The minimum atomic E-state index is -0.417. The van der Waals surface area contributed by atoms with Gasteiger partial charge in [-0.3, -0.25) is 0 Å². The van der Waals surface area contributed by atoms with Crippen molar-refractivity contribution in [1.82, 2.24) is 4.98 Å². The van der Waals surface area contributed by atoms with Crippen molar-refractivity contribution >= 4 is 29.0 Å². The molecule has 3 nitrogen and oxygen atoms in total. The normalized spacial score (nSPS) is 25.1. The quantitative estimate of drug-likeness (QED) is 0.778. The molecule has 0 amide bonds. The Morgan fingerprint density at radius 3 is 3.00 bits per heavy atom. The molecule has 1 aromatic rings. The third-order valence-electron chi connectivity index (χ3n) is 2.59. The Hall–Kier alpha value is -0.580. The number of aromatic nitrogens is 1. The third kappa shape index (κ3) is 3.00. The van der Waals surface area contributed by atoms with Crippen LogP contribution in [0.3, 0.4) is 0 Å². The summed E-state index contributed by atoms with van der Waals surface area (Å²) in [6.07, 6.45) is 1.34. The fourth-order valence-electron chi connectivity index (χ4n) is 1.94. The Kier molecular flexibility index (Phi) is 4.07. The molecule has 0 bridgehead atoms. The number of morpholine rings is 1. The van der Waals surface area contributed by atoms with E-state index in [9.17, 15) is 4.39 Å². The fourth-order valence-corrected chi connectivity index (χ4v) is 2.26. The number of alkyl halides is 1. The van der Waals surface area contributed by atoms with E-state index >= 15 is 0 Å². The van der Waals surface area contributed by atoms with E-state index in [-0.39, 0.29) is 12.2 Å². The van der Waals surface area contributed by atoms with E-state index in [1.54, 1.807) is 0 Å². The fraction of sp³-hybridized carbons (Fsp3) is 0.545. The van der Waals surface area contributed by atoms with Crippen LogP contribution in [0.4, 0.5) is 10.2 Å². The van der Waals surface area contributed by atoms with Crippen molar-refractivity contribution in [3.63, 3.8) is 0 Å². The minimum absolute atomic E-state index is 0.00405. The van der Waals surface area contributed by atoms with Gasteiger partial charge in [0, 0.05) is 19.3 Å². The van der Waals surface area contributed by atoms with Gasteiger partial charge in [0.2, 0.25) is 0 Å². The average molecular weight is 279 g/mol. The zero-order valence-electron chi connectivity index (χ0n) is 9.37. The lowest BCUT2D eigenvalue weighted by atomic mass is 10.2. The van der Waals surface area contributed by atoms with Gasteiger partial charge in [-0.1, -0.05) is 11.6 Å². The van der Waals surface area contributed by atoms with Crippen LogP contribution >= 0.6 is 23.2 Å². The van der Waals surface area contributed by atoms with Crippen LogP contribution in [-0.4, -0.2) is 36.2 Å². The van der Waals surface area contributed by atoms with E-state index in [2.05, 4.69) is 4.98 Å². The summed E-state index contributed by atoms with van der Waals surface area (Å²) in [6.45, 7) is 3.07. The van der Waals surface area contributed by atoms with Crippen molar-refractivity contribution in [2.45, 2.75) is 19.1 Å². The van der Waals surface area contributed by atoms with E-state index < -0.39 is 5.82 Å². The molecule has 6 heteroatoms. The summed E-state index contributed by atoms with van der Waals surface area (Å²) in [5.41, 5.74) is 0. The van der Waals surface area contributed by atoms with Gasteiger partial charge in [0.05, 0.1) is 23.1 Å². The first kappa shape index (κ1) is 12.9. The molecule has 0 radical (unpaired) electrons. The minimum Gasteiger partial charge on any atom is -0.370 e. The monoisotopic (exact) mass is 278 g/mol. The summed E-state index contributed by atoms with van der Waals surface area (Å²) in [7, 11) is 0. The average Bonchev–Trinajstić information content (AvgIpc) is 2.28. The summed E-state index contributed by atoms with van der Waals surface area (Å²) in [6, 6.07) is 1.26. The Bertz CT molecular complexity index is 405. The first-order valence-corrected chi connectivity index (χ1v) is 6.29. The van der Waals surface area contributed by atoms with Gasteiger partial charge in [-0.05, 0) is 13.0 Å². The van der Waals surface area contributed by atoms with Crippen molar-refractivity contribution in [2.24, 2.45) is 0 Å². The molecule has 0 aliphatic carbocycles. The molecule has 17 heavy (non-hydrogen) atoms. The maximum atomic E-state index is 13.7. The second kappa shape index (κ2) is 5.38. The number of hydrogen-bond acceptors (Lipinski definition) is 3. The second-order valence-electron chi connectivity index (χ2n) is 4.09. The molecule has 2 heterocycles. The van der Waals surface area contributed by atoms with E-state index in [1.165, 1.54) is 12.3 Å². The Morgan fingerprint density at radius 2 is 2.35 bits per heavy atom. The number of hydrogen-bond donors (Lipinski definition) is 0. The molecule has 1 aliphatic rings. The van der Waals surface area contributed by atoms with Crippen LogP contribution in [0.15, 0.2) is 12.3 Å². The number of nitrogens with zero attached hydrogens (tertiary/aromatic N) is 2. The van der Waals surface area contributed by atoms with Crippen LogP contribution in [0.5, 0.6) is 0 Å². The Balaban J connectivity index is 2.20. The van der Waals surface area contributed by atoms with Gasteiger partial charge in [-0.15, -0.1) is 11.6 Å². The number of ether oxygens (including phenoxy) is 1. The Morgan fingerprint density at radius 1 is 1.59 bits per heavy atom. The van der Waals surface area contributed by atoms with Crippen molar-refractivity contribution < 1.29 is 9.13 Å². The van der Waals surface area contributed by atoms with Gasteiger partial charge in [-0.25, -0.2) is 9.37 Å². The standard InChI is InChI=1S/C11H13Cl2FN2O/c1-7-5-16(6-9(3-12)17-7)11-10(14)2-8(13)4-15-11/h2,4,7,9H,3,5-6H2,1H3. The number of anilines is 1. The lowest BCUT2D eigenvalue weighted by molar-refractivity contribution is -0.00376. The molecule has 2 rings (SSSR count). The topological polar surface area (TPSA) is 25.4 Å². The van der Waals surface area contributed by atoms with Crippen LogP contribution in [0.25, 0.3) is 0 Å².